The van der Waals surface area contributed by atoms with Gasteiger partial charge in [-0.2, -0.15) is 0 Å². The van der Waals surface area contributed by atoms with Crippen LogP contribution in [0.2, 0.25) is 0 Å². The Morgan fingerprint density at radius 1 is 1.19 bits per heavy atom. The lowest BCUT2D eigenvalue weighted by molar-refractivity contribution is -0.322. The summed E-state index contributed by atoms with van der Waals surface area (Å²) in [6, 6.07) is 7.01. The van der Waals surface area contributed by atoms with Gasteiger partial charge in [0, 0.05) is 31.3 Å². The number of aromatic nitrogens is 1. The summed E-state index contributed by atoms with van der Waals surface area (Å²) in [6.07, 6.45) is -1.37. The standard InChI is InChI=1S/C22H26F3N3O3/c1-13-8-16(9-13)20(29)27-18-5-4-15(17-10-14(2)21(30)28(3)12-17)11-19(18)26-6-7-31-22(23,24)25/h4-5,10-13,16,26H,6-9H2,1-3H3,(H,27,29). The molecule has 0 spiro atoms. The number of aryl methyl sites for hydroxylation is 2. The van der Waals surface area contributed by atoms with E-state index in [1.54, 1.807) is 44.4 Å². The molecular formula is C22H26F3N3O3. The van der Waals surface area contributed by atoms with Crippen LogP contribution in [0.3, 0.4) is 0 Å². The molecule has 9 heteroatoms. The summed E-state index contributed by atoms with van der Waals surface area (Å²) in [5.74, 6) is 0.365. The quantitative estimate of drug-likeness (QED) is 0.634. The number of halogens is 3. The maximum Gasteiger partial charge on any atom is 0.522 e. The molecule has 1 fully saturated rings. The van der Waals surface area contributed by atoms with Crippen molar-refractivity contribution in [3.05, 3.63) is 46.4 Å². The van der Waals surface area contributed by atoms with Crippen molar-refractivity contribution in [3.63, 3.8) is 0 Å². The first kappa shape index (κ1) is 22.9. The first-order valence-electron chi connectivity index (χ1n) is 10.1. The highest BCUT2D eigenvalue weighted by atomic mass is 19.4. The van der Waals surface area contributed by atoms with Crippen molar-refractivity contribution in [2.24, 2.45) is 18.9 Å². The Morgan fingerprint density at radius 2 is 1.90 bits per heavy atom. The molecule has 2 aromatic rings. The fourth-order valence-corrected chi connectivity index (χ4v) is 3.72. The zero-order valence-electron chi connectivity index (χ0n) is 17.7. The molecule has 6 nitrogen and oxygen atoms in total. The van der Waals surface area contributed by atoms with Crippen LogP contribution >= 0.6 is 0 Å². The van der Waals surface area contributed by atoms with Crippen molar-refractivity contribution in [3.8, 4) is 11.1 Å². The molecule has 1 aliphatic carbocycles. The van der Waals surface area contributed by atoms with Crippen LogP contribution in [-0.4, -0.2) is 30.0 Å². The summed E-state index contributed by atoms with van der Waals surface area (Å²) in [7, 11) is 1.65. The van der Waals surface area contributed by atoms with E-state index in [1.165, 1.54) is 4.57 Å². The number of amides is 1. The number of alkyl halides is 3. The molecule has 1 aromatic heterocycles. The second kappa shape index (κ2) is 9.13. The van der Waals surface area contributed by atoms with E-state index in [1.807, 2.05) is 0 Å². The Kier molecular flexibility index (Phi) is 6.74. The highest BCUT2D eigenvalue weighted by Crippen LogP contribution is 2.35. The summed E-state index contributed by atoms with van der Waals surface area (Å²) in [6.45, 7) is 3.13. The van der Waals surface area contributed by atoms with Crippen LogP contribution < -0.4 is 16.2 Å². The predicted molar refractivity (Wildman–Crippen MR) is 113 cm³/mol. The fraction of sp³-hybridized carbons (Fsp3) is 0.455. The van der Waals surface area contributed by atoms with E-state index in [0.717, 1.165) is 24.0 Å². The molecule has 0 atom stereocenters. The van der Waals surface area contributed by atoms with Gasteiger partial charge in [0.2, 0.25) is 5.91 Å². The van der Waals surface area contributed by atoms with Crippen molar-refractivity contribution in [1.82, 2.24) is 4.57 Å². The molecule has 0 bridgehead atoms. The second-order valence-electron chi connectivity index (χ2n) is 8.07. The molecule has 3 rings (SSSR count). The van der Waals surface area contributed by atoms with Gasteiger partial charge in [0.15, 0.2) is 0 Å². The van der Waals surface area contributed by atoms with Crippen LogP contribution in [0.4, 0.5) is 24.5 Å². The topological polar surface area (TPSA) is 72.4 Å². The molecule has 0 radical (unpaired) electrons. The van der Waals surface area contributed by atoms with Gasteiger partial charge in [-0.1, -0.05) is 13.0 Å². The lowest BCUT2D eigenvalue weighted by Crippen LogP contribution is -2.33. The molecule has 0 unspecified atom stereocenters. The molecule has 2 N–H and O–H groups in total. The Bertz CT molecular complexity index is 985. The minimum atomic E-state index is -4.70. The van der Waals surface area contributed by atoms with Crippen LogP contribution in [0, 0.1) is 18.8 Å². The summed E-state index contributed by atoms with van der Waals surface area (Å²) < 4.78 is 42.1. The summed E-state index contributed by atoms with van der Waals surface area (Å²) in [5.41, 5.74) is 2.97. The van der Waals surface area contributed by atoms with Gasteiger partial charge >= 0.3 is 6.36 Å². The van der Waals surface area contributed by atoms with E-state index in [2.05, 4.69) is 22.3 Å². The molecule has 1 aromatic carbocycles. The summed E-state index contributed by atoms with van der Waals surface area (Å²) >= 11 is 0. The third kappa shape index (κ3) is 5.88. The second-order valence-corrected chi connectivity index (χ2v) is 8.07. The first-order chi connectivity index (χ1) is 14.5. The Morgan fingerprint density at radius 3 is 2.52 bits per heavy atom. The van der Waals surface area contributed by atoms with E-state index >= 15 is 0 Å². The number of carbonyl (C=O) groups excluding carboxylic acids is 1. The molecule has 1 heterocycles. The highest BCUT2D eigenvalue weighted by Gasteiger charge is 2.32. The summed E-state index contributed by atoms with van der Waals surface area (Å²) in [5, 5.41) is 5.80. The van der Waals surface area contributed by atoms with Crippen molar-refractivity contribution >= 4 is 17.3 Å². The van der Waals surface area contributed by atoms with Gasteiger partial charge in [-0.15, -0.1) is 13.2 Å². The molecule has 0 saturated heterocycles. The van der Waals surface area contributed by atoms with Crippen molar-refractivity contribution in [2.45, 2.75) is 33.1 Å². The third-order valence-electron chi connectivity index (χ3n) is 5.40. The number of nitrogens with zero attached hydrogens (tertiary/aromatic N) is 1. The van der Waals surface area contributed by atoms with Crippen molar-refractivity contribution in [1.29, 1.82) is 0 Å². The van der Waals surface area contributed by atoms with Crippen LogP contribution in [0.1, 0.15) is 25.3 Å². The van der Waals surface area contributed by atoms with E-state index in [0.29, 0.717) is 22.9 Å². The molecule has 31 heavy (non-hydrogen) atoms. The normalized spacial score (nSPS) is 18.4. The monoisotopic (exact) mass is 437 g/mol. The predicted octanol–water partition coefficient (Wildman–Crippen LogP) is 4.29. The maximum absolute atomic E-state index is 12.5. The SMILES string of the molecule is Cc1cc(-c2ccc(NC(=O)C3CC(C)C3)c(NCCOC(F)(F)F)c2)cn(C)c1=O. The minimum absolute atomic E-state index is 0.0533. The lowest BCUT2D eigenvalue weighted by Gasteiger charge is -2.31. The molecular weight excluding hydrogens is 411 g/mol. The van der Waals surface area contributed by atoms with Crippen LogP contribution in [0.15, 0.2) is 35.3 Å². The molecule has 1 amide bonds. The number of rotatable bonds is 7. The van der Waals surface area contributed by atoms with Gasteiger partial charge in [0.05, 0.1) is 18.0 Å². The summed E-state index contributed by atoms with van der Waals surface area (Å²) in [4.78, 5) is 24.5. The van der Waals surface area contributed by atoms with Gasteiger partial charge in [-0.05, 0) is 55.0 Å². The molecule has 1 saturated carbocycles. The number of hydrogen-bond donors (Lipinski definition) is 2. The van der Waals surface area contributed by atoms with Crippen LogP contribution in [0.25, 0.3) is 11.1 Å². The minimum Gasteiger partial charge on any atom is -0.381 e. The Labute approximate surface area is 178 Å². The van der Waals surface area contributed by atoms with E-state index in [-0.39, 0.29) is 23.9 Å². The number of carbonyl (C=O) groups is 1. The van der Waals surface area contributed by atoms with Crippen molar-refractivity contribution < 1.29 is 22.7 Å². The number of benzene rings is 1. The number of nitrogens with one attached hydrogen (secondary N) is 2. The lowest BCUT2D eigenvalue weighted by atomic mass is 9.75. The number of ether oxygens (including phenoxy) is 1. The van der Waals surface area contributed by atoms with Gasteiger partial charge in [0.25, 0.3) is 5.56 Å². The zero-order chi connectivity index (χ0) is 22.8. The van der Waals surface area contributed by atoms with E-state index in [9.17, 15) is 22.8 Å². The average molecular weight is 437 g/mol. The van der Waals surface area contributed by atoms with Gasteiger partial charge in [-0.25, -0.2) is 0 Å². The number of pyridine rings is 1. The van der Waals surface area contributed by atoms with Gasteiger partial charge in [0.1, 0.15) is 0 Å². The Hall–Kier alpha value is -2.81. The zero-order valence-corrected chi connectivity index (χ0v) is 17.7. The Balaban J connectivity index is 1.83. The number of hydrogen-bond acceptors (Lipinski definition) is 4. The number of anilines is 2. The van der Waals surface area contributed by atoms with Crippen LogP contribution in [-0.2, 0) is 16.6 Å². The van der Waals surface area contributed by atoms with Crippen molar-refractivity contribution in [2.75, 3.05) is 23.8 Å². The average Bonchev–Trinajstić information content (AvgIpc) is 2.66. The largest absolute Gasteiger partial charge is 0.522 e. The van der Waals surface area contributed by atoms with Gasteiger partial charge in [-0.3, -0.25) is 14.3 Å². The van der Waals surface area contributed by atoms with Crippen LogP contribution in [0.5, 0.6) is 0 Å². The van der Waals surface area contributed by atoms with E-state index in [4.69, 9.17) is 0 Å². The molecule has 168 valence electrons. The smallest absolute Gasteiger partial charge is 0.381 e. The molecule has 0 aliphatic heterocycles. The fourth-order valence-electron chi connectivity index (χ4n) is 3.72. The first-order valence-corrected chi connectivity index (χ1v) is 10.1. The highest BCUT2D eigenvalue weighted by molar-refractivity contribution is 5.96. The third-order valence-corrected chi connectivity index (χ3v) is 5.40. The van der Waals surface area contributed by atoms with Gasteiger partial charge < -0.3 is 15.2 Å². The molecule has 1 aliphatic rings. The van der Waals surface area contributed by atoms with E-state index < -0.39 is 13.0 Å². The maximum atomic E-state index is 12.5.